The van der Waals surface area contributed by atoms with E-state index < -0.39 is 5.82 Å². The Morgan fingerprint density at radius 3 is 2.94 bits per heavy atom. The monoisotopic (exact) mass is 330 g/mol. The van der Waals surface area contributed by atoms with Crippen LogP contribution in [0.1, 0.15) is 23.0 Å². The molecule has 0 fully saturated rings. The summed E-state index contributed by atoms with van der Waals surface area (Å²) in [5, 5.41) is 3.88. The lowest BCUT2D eigenvalue weighted by Gasteiger charge is -2.06. The summed E-state index contributed by atoms with van der Waals surface area (Å²) >= 11 is 9.07. The summed E-state index contributed by atoms with van der Waals surface area (Å²) < 4.78 is 15.4. The second kappa shape index (κ2) is 5.20. The molecule has 1 aromatic heterocycles. The molecular weight excluding hydrogens is 322 g/mol. The number of rotatable bonds is 3. The topological polar surface area (TPSA) is 34.9 Å². The first kappa shape index (κ1) is 13.2. The van der Waals surface area contributed by atoms with Gasteiger partial charge >= 0.3 is 0 Å². The number of hydrogen-bond donors (Lipinski definition) is 0. The van der Waals surface area contributed by atoms with Crippen LogP contribution in [0.3, 0.4) is 0 Å². The molecule has 0 saturated heterocycles. The number of hydrogen-bond acceptors (Lipinski definition) is 2. The molecule has 0 saturated carbocycles. The lowest BCUT2D eigenvalue weighted by atomic mass is 10.1. The van der Waals surface area contributed by atoms with Crippen molar-refractivity contribution >= 4 is 33.3 Å². The zero-order chi connectivity index (χ0) is 13.3. The van der Waals surface area contributed by atoms with Crippen molar-refractivity contribution in [3.8, 4) is 0 Å². The van der Waals surface area contributed by atoms with Gasteiger partial charge < -0.3 is 0 Å². The van der Waals surface area contributed by atoms with Crippen LogP contribution < -0.4 is 0 Å². The highest BCUT2D eigenvalue weighted by atomic mass is 79.9. The van der Waals surface area contributed by atoms with Crippen LogP contribution in [0, 0.1) is 5.82 Å². The second-order valence-electron chi connectivity index (χ2n) is 3.59. The summed E-state index contributed by atoms with van der Waals surface area (Å²) in [5.41, 5.74) is 0.498. The predicted octanol–water partition coefficient (Wildman–Crippen LogP) is 3.69. The van der Waals surface area contributed by atoms with Crippen molar-refractivity contribution in [2.75, 3.05) is 0 Å². The lowest BCUT2D eigenvalue weighted by Crippen LogP contribution is -2.12. The Hall–Kier alpha value is -1.20. The quantitative estimate of drug-likeness (QED) is 0.804. The summed E-state index contributed by atoms with van der Waals surface area (Å²) in [7, 11) is 0. The van der Waals surface area contributed by atoms with Crippen LogP contribution in [0.4, 0.5) is 4.39 Å². The van der Waals surface area contributed by atoms with Crippen LogP contribution in [0.5, 0.6) is 0 Å². The molecule has 1 aromatic carbocycles. The van der Waals surface area contributed by atoms with Gasteiger partial charge in [-0.1, -0.05) is 17.7 Å². The highest BCUT2D eigenvalue weighted by molar-refractivity contribution is 9.10. The first-order chi connectivity index (χ1) is 8.56. The Balaban J connectivity index is 2.55. The zero-order valence-electron chi connectivity index (χ0n) is 9.45. The Bertz CT molecular complexity index is 612. The van der Waals surface area contributed by atoms with E-state index in [1.165, 1.54) is 29.1 Å². The Morgan fingerprint density at radius 2 is 2.28 bits per heavy atom. The highest BCUT2D eigenvalue weighted by Gasteiger charge is 2.21. The van der Waals surface area contributed by atoms with Crippen LogP contribution in [0.15, 0.2) is 28.9 Å². The molecule has 0 bridgehead atoms. The van der Waals surface area contributed by atoms with Gasteiger partial charge in [0.25, 0.3) is 0 Å². The van der Waals surface area contributed by atoms with Crippen molar-refractivity contribution in [2.24, 2.45) is 0 Å². The number of aromatic nitrogens is 2. The van der Waals surface area contributed by atoms with E-state index in [2.05, 4.69) is 21.0 Å². The summed E-state index contributed by atoms with van der Waals surface area (Å²) in [6.45, 7) is 2.41. The fourth-order valence-corrected chi connectivity index (χ4v) is 2.32. The maximum atomic E-state index is 13.3. The molecule has 6 heteroatoms. The van der Waals surface area contributed by atoms with Gasteiger partial charge in [-0.15, -0.1) is 0 Å². The number of halogens is 3. The molecule has 0 N–H and O–H groups in total. The minimum absolute atomic E-state index is 0.132. The van der Waals surface area contributed by atoms with E-state index in [1.807, 2.05) is 6.92 Å². The van der Waals surface area contributed by atoms with Gasteiger partial charge in [-0.05, 0) is 35.0 Å². The molecule has 2 rings (SSSR count). The molecule has 94 valence electrons. The third kappa shape index (κ3) is 2.20. The Morgan fingerprint density at radius 1 is 1.56 bits per heavy atom. The Labute approximate surface area is 117 Å². The van der Waals surface area contributed by atoms with Gasteiger partial charge in [0.05, 0.1) is 15.7 Å². The van der Waals surface area contributed by atoms with E-state index in [4.69, 9.17) is 11.6 Å². The fourth-order valence-electron chi connectivity index (χ4n) is 1.63. The maximum Gasteiger partial charge on any atom is 0.213 e. The van der Waals surface area contributed by atoms with E-state index in [9.17, 15) is 9.18 Å². The molecule has 0 aliphatic rings. The minimum Gasteiger partial charge on any atom is -0.287 e. The molecule has 0 aliphatic heterocycles. The number of aryl methyl sites for hydroxylation is 1. The van der Waals surface area contributed by atoms with Crippen LogP contribution in [-0.2, 0) is 6.54 Å². The molecule has 0 unspecified atom stereocenters. The third-order valence-corrected chi connectivity index (χ3v) is 3.47. The number of carbonyl (C=O) groups excluding carboxylic acids is 1. The zero-order valence-corrected chi connectivity index (χ0v) is 11.8. The van der Waals surface area contributed by atoms with Crippen molar-refractivity contribution in [1.29, 1.82) is 0 Å². The normalized spacial score (nSPS) is 10.7. The van der Waals surface area contributed by atoms with Gasteiger partial charge in [-0.3, -0.25) is 9.48 Å². The average molecular weight is 332 g/mol. The van der Waals surface area contributed by atoms with E-state index in [1.54, 1.807) is 0 Å². The van der Waals surface area contributed by atoms with Gasteiger partial charge in [0.2, 0.25) is 5.78 Å². The molecule has 1 heterocycles. The molecule has 0 atom stereocenters. The first-order valence-electron chi connectivity index (χ1n) is 5.26. The molecule has 0 spiro atoms. The minimum atomic E-state index is -0.610. The number of carbonyl (C=O) groups is 1. The average Bonchev–Trinajstić information content (AvgIpc) is 2.73. The summed E-state index contributed by atoms with van der Waals surface area (Å²) in [5.74, 6) is -0.966. The van der Waals surface area contributed by atoms with Crippen molar-refractivity contribution in [3.05, 3.63) is 51.0 Å². The summed E-state index contributed by atoms with van der Waals surface area (Å²) in [6, 6.07) is 4.16. The van der Waals surface area contributed by atoms with Crippen LogP contribution >= 0.6 is 27.5 Å². The second-order valence-corrected chi connectivity index (χ2v) is 4.82. The van der Waals surface area contributed by atoms with E-state index in [0.717, 1.165) is 0 Å². The van der Waals surface area contributed by atoms with Gasteiger partial charge in [0.15, 0.2) is 0 Å². The van der Waals surface area contributed by atoms with Gasteiger partial charge in [0.1, 0.15) is 11.5 Å². The van der Waals surface area contributed by atoms with E-state index in [-0.39, 0.29) is 16.4 Å². The Kier molecular flexibility index (Phi) is 3.82. The largest absolute Gasteiger partial charge is 0.287 e. The smallest absolute Gasteiger partial charge is 0.213 e. The van der Waals surface area contributed by atoms with E-state index in [0.29, 0.717) is 16.7 Å². The van der Waals surface area contributed by atoms with Gasteiger partial charge in [0, 0.05) is 12.1 Å². The standard InChI is InChI=1S/C12H9BrClFN2O/c1-2-17-11(8(13)6-16-17)12(18)7-4-3-5-9(15)10(7)14/h3-6H,2H2,1H3. The molecule has 0 radical (unpaired) electrons. The van der Waals surface area contributed by atoms with Crippen LogP contribution in [0.2, 0.25) is 5.02 Å². The predicted molar refractivity (Wildman–Crippen MR) is 70.4 cm³/mol. The molecule has 18 heavy (non-hydrogen) atoms. The lowest BCUT2D eigenvalue weighted by molar-refractivity contribution is 0.102. The van der Waals surface area contributed by atoms with Gasteiger partial charge in [-0.25, -0.2) is 4.39 Å². The fraction of sp³-hybridized carbons (Fsp3) is 0.167. The first-order valence-corrected chi connectivity index (χ1v) is 6.43. The number of ketones is 1. The third-order valence-electron chi connectivity index (χ3n) is 2.51. The van der Waals surface area contributed by atoms with Crippen molar-refractivity contribution in [1.82, 2.24) is 9.78 Å². The number of benzene rings is 1. The van der Waals surface area contributed by atoms with Crippen LogP contribution in [-0.4, -0.2) is 15.6 Å². The molecule has 2 aromatic rings. The molecule has 0 aliphatic carbocycles. The summed E-state index contributed by atoms with van der Waals surface area (Å²) in [4.78, 5) is 12.3. The SMILES string of the molecule is CCn1ncc(Br)c1C(=O)c1cccc(F)c1Cl. The molecular formula is C12H9BrClFN2O. The number of nitrogens with zero attached hydrogens (tertiary/aromatic N) is 2. The maximum absolute atomic E-state index is 13.3. The molecule has 3 nitrogen and oxygen atoms in total. The van der Waals surface area contributed by atoms with Crippen molar-refractivity contribution in [3.63, 3.8) is 0 Å². The molecule has 0 amide bonds. The van der Waals surface area contributed by atoms with Gasteiger partial charge in [-0.2, -0.15) is 5.10 Å². The van der Waals surface area contributed by atoms with Crippen LogP contribution in [0.25, 0.3) is 0 Å². The van der Waals surface area contributed by atoms with Crippen molar-refractivity contribution in [2.45, 2.75) is 13.5 Å². The summed E-state index contributed by atoms with van der Waals surface area (Å²) in [6.07, 6.45) is 1.53. The highest BCUT2D eigenvalue weighted by Crippen LogP contribution is 2.25. The van der Waals surface area contributed by atoms with E-state index >= 15 is 0 Å². The van der Waals surface area contributed by atoms with Crippen molar-refractivity contribution < 1.29 is 9.18 Å².